The molecule has 0 unspecified atom stereocenters. The Morgan fingerprint density at radius 3 is 1.47 bits per heavy atom. The number of fused-ring (bicyclic) bond motifs is 2. The Kier molecular flexibility index (Phi) is 4.89. The average molecular weight is 506 g/mol. The topological polar surface area (TPSA) is 129 Å². The summed E-state index contributed by atoms with van der Waals surface area (Å²) in [5.74, 6) is 0.0351. The minimum absolute atomic E-state index is 0.166. The zero-order chi connectivity index (χ0) is 25.6. The van der Waals surface area contributed by atoms with Crippen LogP contribution in [0.1, 0.15) is 0 Å². The van der Waals surface area contributed by atoms with Crippen molar-refractivity contribution in [2.75, 3.05) is 0 Å². The Bertz CT molecular complexity index is 1850. The normalized spacial score (nSPS) is 11.4. The molecule has 0 amide bonds. The first-order valence-electron chi connectivity index (χ1n) is 11.2. The highest BCUT2D eigenvalue weighted by Crippen LogP contribution is 2.29. The van der Waals surface area contributed by atoms with Gasteiger partial charge in [-0.1, -0.05) is 6.07 Å². The van der Waals surface area contributed by atoms with Gasteiger partial charge < -0.3 is 8.83 Å². The van der Waals surface area contributed by atoms with Crippen molar-refractivity contribution in [2.45, 2.75) is 0 Å². The zero-order valence-electron chi connectivity index (χ0n) is 19.1. The van der Waals surface area contributed by atoms with Crippen molar-refractivity contribution in [2.24, 2.45) is 0 Å². The van der Waals surface area contributed by atoms with Gasteiger partial charge in [0.2, 0.25) is 11.8 Å². The molecule has 3 aromatic carbocycles. The standard InChI is InChI=1S/C26H12F2N8O2/c27-15-4-6-17-19(9-15)29-11-21(31-17)25-35-33-23(37-25)13-2-1-3-14(8-13)24-34-36-26(38-24)22-12-30-20-10-16(28)5-7-18(20)32-22/h1-12H. The van der Waals surface area contributed by atoms with E-state index in [1.54, 1.807) is 24.3 Å². The average Bonchev–Trinajstić information content (AvgIpc) is 3.64. The summed E-state index contributed by atoms with van der Waals surface area (Å²) in [5.41, 5.74) is 3.79. The summed E-state index contributed by atoms with van der Waals surface area (Å²) in [6.07, 6.45) is 2.89. The van der Waals surface area contributed by atoms with E-state index in [0.29, 0.717) is 44.6 Å². The predicted octanol–water partition coefficient (Wildman–Crippen LogP) is 5.29. The largest absolute Gasteiger partial charge is 0.415 e. The van der Waals surface area contributed by atoms with Gasteiger partial charge in [-0.3, -0.25) is 9.97 Å². The summed E-state index contributed by atoms with van der Waals surface area (Å²) in [6, 6.07) is 15.4. The van der Waals surface area contributed by atoms with Gasteiger partial charge in [0, 0.05) is 23.3 Å². The maximum atomic E-state index is 13.4. The number of halogens is 2. The molecule has 0 aliphatic carbocycles. The van der Waals surface area contributed by atoms with Crippen LogP contribution in [0, 0.1) is 11.6 Å². The number of hydrogen-bond acceptors (Lipinski definition) is 10. The highest BCUT2D eigenvalue weighted by Gasteiger charge is 2.17. The summed E-state index contributed by atoms with van der Waals surface area (Å²) in [4.78, 5) is 17.3. The highest BCUT2D eigenvalue weighted by atomic mass is 19.1. The second kappa shape index (κ2) is 8.55. The highest BCUT2D eigenvalue weighted by molar-refractivity contribution is 5.77. The lowest BCUT2D eigenvalue weighted by atomic mass is 10.1. The van der Waals surface area contributed by atoms with Crippen LogP contribution in [0.3, 0.4) is 0 Å². The summed E-state index contributed by atoms with van der Waals surface area (Å²) in [5, 5.41) is 16.4. The van der Waals surface area contributed by atoms with Crippen molar-refractivity contribution in [1.82, 2.24) is 40.3 Å². The van der Waals surface area contributed by atoms with Gasteiger partial charge in [0.25, 0.3) is 11.8 Å². The Hall–Kier alpha value is -5.52. The molecule has 0 atom stereocenters. The number of benzene rings is 3. The number of hydrogen-bond donors (Lipinski definition) is 0. The Morgan fingerprint density at radius 2 is 0.974 bits per heavy atom. The monoisotopic (exact) mass is 506 g/mol. The molecule has 4 heterocycles. The van der Waals surface area contributed by atoms with Gasteiger partial charge in [0.15, 0.2) is 0 Å². The molecule has 4 aromatic heterocycles. The van der Waals surface area contributed by atoms with Crippen LogP contribution >= 0.6 is 0 Å². The molecule has 7 aromatic rings. The predicted molar refractivity (Wildman–Crippen MR) is 130 cm³/mol. The molecule has 0 saturated carbocycles. The summed E-state index contributed by atoms with van der Waals surface area (Å²) in [7, 11) is 0. The minimum Gasteiger partial charge on any atom is -0.415 e. The van der Waals surface area contributed by atoms with Crippen LogP contribution in [0.2, 0.25) is 0 Å². The van der Waals surface area contributed by atoms with Crippen LogP contribution < -0.4 is 0 Å². The lowest BCUT2D eigenvalue weighted by Crippen LogP contribution is -1.89. The third-order valence-corrected chi connectivity index (χ3v) is 5.65. The lowest BCUT2D eigenvalue weighted by molar-refractivity contribution is 0.580. The van der Waals surface area contributed by atoms with Gasteiger partial charge in [-0.15, -0.1) is 20.4 Å². The fourth-order valence-electron chi connectivity index (χ4n) is 3.85. The molecule has 38 heavy (non-hydrogen) atoms. The zero-order valence-corrected chi connectivity index (χ0v) is 19.1. The third kappa shape index (κ3) is 3.89. The van der Waals surface area contributed by atoms with Gasteiger partial charge in [0.1, 0.15) is 23.0 Å². The molecule has 0 fully saturated rings. The van der Waals surface area contributed by atoms with Crippen molar-refractivity contribution in [3.05, 3.63) is 84.7 Å². The van der Waals surface area contributed by atoms with Crippen LogP contribution in [0.25, 0.3) is 68.1 Å². The van der Waals surface area contributed by atoms with Crippen LogP contribution in [-0.2, 0) is 0 Å². The van der Waals surface area contributed by atoms with Crippen LogP contribution in [-0.4, -0.2) is 40.3 Å². The summed E-state index contributed by atoms with van der Waals surface area (Å²) in [6.45, 7) is 0. The quantitative estimate of drug-likeness (QED) is 0.311. The number of rotatable bonds is 4. The van der Waals surface area contributed by atoms with E-state index in [0.717, 1.165) is 0 Å². The van der Waals surface area contributed by atoms with Gasteiger partial charge >= 0.3 is 0 Å². The van der Waals surface area contributed by atoms with Gasteiger partial charge in [-0.05, 0) is 42.5 Å². The van der Waals surface area contributed by atoms with E-state index in [-0.39, 0.29) is 23.6 Å². The van der Waals surface area contributed by atoms with E-state index < -0.39 is 11.6 Å². The first-order valence-corrected chi connectivity index (χ1v) is 11.2. The molecule has 10 nitrogen and oxygen atoms in total. The van der Waals surface area contributed by atoms with E-state index in [1.165, 1.54) is 48.8 Å². The molecule has 0 spiro atoms. The maximum Gasteiger partial charge on any atom is 0.268 e. The molecular formula is C26H12F2N8O2. The first kappa shape index (κ1) is 21.7. The van der Waals surface area contributed by atoms with Crippen LogP contribution in [0.5, 0.6) is 0 Å². The number of aromatic nitrogens is 8. The summed E-state index contributed by atoms with van der Waals surface area (Å²) < 4.78 is 38.5. The molecule has 0 radical (unpaired) electrons. The van der Waals surface area contributed by atoms with Gasteiger partial charge in [-0.25, -0.2) is 18.7 Å². The second-order valence-electron chi connectivity index (χ2n) is 8.18. The Morgan fingerprint density at radius 1 is 0.500 bits per heavy atom. The summed E-state index contributed by atoms with van der Waals surface area (Å²) >= 11 is 0. The lowest BCUT2D eigenvalue weighted by Gasteiger charge is -2.00. The van der Waals surface area contributed by atoms with Crippen molar-refractivity contribution in [1.29, 1.82) is 0 Å². The Balaban J connectivity index is 1.18. The molecule has 7 rings (SSSR count). The first-order chi connectivity index (χ1) is 18.6. The molecule has 0 saturated heterocycles. The number of nitrogens with zero attached hydrogens (tertiary/aromatic N) is 8. The van der Waals surface area contributed by atoms with Crippen LogP contribution in [0.15, 0.2) is 81.9 Å². The molecular weight excluding hydrogens is 494 g/mol. The van der Waals surface area contributed by atoms with E-state index in [9.17, 15) is 8.78 Å². The minimum atomic E-state index is -0.394. The van der Waals surface area contributed by atoms with Crippen molar-refractivity contribution >= 4 is 22.1 Å². The third-order valence-electron chi connectivity index (χ3n) is 5.65. The molecule has 0 N–H and O–H groups in total. The smallest absolute Gasteiger partial charge is 0.268 e. The van der Waals surface area contributed by atoms with Crippen molar-refractivity contribution in [3.8, 4) is 46.1 Å². The van der Waals surface area contributed by atoms with Gasteiger partial charge in [0.05, 0.1) is 34.5 Å². The van der Waals surface area contributed by atoms with E-state index >= 15 is 0 Å². The second-order valence-corrected chi connectivity index (χ2v) is 8.18. The fraction of sp³-hybridized carbons (Fsp3) is 0. The van der Waals surface area contributed by atoms with E-state index in [4.69, 9.17) is 8.83 Å². The molecule has 12 heteroatoms. The molecule has 0 bridgehead atoms. The van der Waals surface area contributed by atoms with E-state index in [1.807, 2.05) is 0 Å². The SMILES string of the molecule is Fc1ccc2nc(-c3nnc(-c4cccc(-c5nnc(-c6cnc7cc(F)ccc7n6)o5)c4)o3)cnc2c1. The maximum absolute atomic E-state index is 13.4. The molecule has 0 aliphatic heterocycles. The Labute approximate surface area is 211 Å². The van der Waals surface area contributed by atoms with Crippen molar-refractivity contribution < 1.29 is 17.6 Å². The molecule has 0 aliphatic rings. The van der Waals surface area contributed by atoms with Crippen LogP contribution in [0.4, 0.5) is 8.78 Å². The fourth-order valence-corrected chi connectivity index (χ4v) is 3.85. The van der Waals surface area contributed by atoms with Crippen molar-refractivity contribution in [3.63, 3.8) is 0 Å². The van der Waals surface area contributed by atoms with Gasteiger partial charge in [-0.2, -0.15) is 0 Å². The molecule has 182 valence electrons. The van der Waals surface area contributed by atoms with E-state index in [2.05, 4.69) is 40.3 Å².